The third kappa shape index (κ3) is 4.13. The Balaban J connectivity index is 1.79. The molecule has 4 nitrogen and oxygen atoms in total. The van der Waals surface area contributed by atoms with Crippen molar-refractivity contribution in [3.63, 3.8) is 0 Å². The molecule has 0 radical (unpaired) electrons. The zero-order chi connectivity index (χ0) is 21.3. The Morgan fingerprint density at radius 2 is 1.53 bits per heavy atom. The van der Waals surface area contributed by atoms with E-state index in [2.05, 4.69) is 4.72 Å². The average molecular weight is 440 g/mol. The molecule has 4 rings (SSSR count). The predicted octanol–water partition coefficient (Wildman–Crippen LogP) is 5.94. The third-order valence-corrected chi connectivity index (χ3v) is 7.02. The average Bonchev–Trinajstić information content (AvgIpc) is 2.73. The SMILES string of the molecule is Cc1ccc(Sc2cc(NS(=O)(=O)c3ccc(F)cc3)c3ccccc3c2O)cc1. The van der Waals surface area contributed by atoms with Crippen molar-refractivity contribution < 1.29 is 17.9 Å². The van der Waals surface area contributed by atoms with Gasteiger partial charge in [-0.1, -0.05) is 53.7 Å². The first-order chi connectivity index (χ1) is 14.3. The number of rotatable bonds is 5. The van der Waals surface area contributed by atoms with E-state index in [0.717, 1.165) is 22.6 Å². The van der Waals surface area contributed by atoms with E-state index in [1.165, 1.54) is 23.9 Å². The van der Waals surface area contributed by atoms with E-state index < -0.39 is 15.8 Å². The number of aromatic hydroxyl groups is 1. The molecular formula is C23H18FNO3S2. The van der Waals surface area contributed by atoms with Crippen LogP contribution in [0.2, 0.25) is 0 Å². The van der Waals surface area contributed by atoms with Crippen LogP contribution in [0.15, 0.2) is 93.5 Å². The number of hydrogen-bond acceptors (Lipinski definition) is 4. The molecule has 0 aliphatic heterocycles. The van der Waals surface area contributed by atoms with Gasteiger partial charge in [-0.2, -0.15) is 0 Å². The Morgan fingerprint density at radius 1 is 0.900 bits per heavy atom. The minimum Gasteiger partial charge on any atom is -0.506 e. The molecule has 7 heteroatoms. The predicted molar refractivity (Wildman–Crippen MR) is 118 cm³/mol. The first-order valence-electron chi connectivity index (χ1n) is 9.11. The lowest BCUT2D eigenvalue weighted by molar-refractivity contribution is 0.469. The quantitative estimate of drug-likeness (QED) is 0.378. The third-order valence-electron chi connectivity index (χ3n) is 4.60. The van der Waals surface area contributed by atoms with Crippen LogP contribution in [-0.4, -0.2) is 13.5 Å². The van der Waals surface area contributed by atoms with Crippen molar-refractivity contribution in [3.05, 3.63) is 90.2 Å². The molecule has 0 bridgehead atoms. The summed E-state index contributed by atoms with van der Waals surface area (Å²) in [5.74, 6) is -0.429. The number of hydrogen-bond donors (Lipinski definition) is 2. The van der Waals surface area contributed by atoms with Gasteiger partial charge < -0.3 is 5.11 Å². The minimum absolute atomic E-state index is 0.0474. The van der Waals surface area contributed by atoms with Crippen molar-refractivity contribution in [1.29, 1.82) is 0 Å². The normalized spacial score (nSPS) is 11.5. The molecule has 4 aromatic carbocycles. The van der Waals surface area contributed by atoms with Crippen LogP contribution in [0.3, 0.4) is 0 Å². The molecule has 30 heavy (non-hydrogen) atoms. The molecule has 0 atom stereocenters. The lowest BCUT2D eigenvalue weighted by Gasteiger charge is -2.15. The number of fused-ring (bicyclic) bond motifs is 1. The van der Waals surface area contributed by atoms with E-state index in [4.69, 9.17) is 0 Å². The fourth-order valence-electron chi connectivity index (χ4n) is 3.05. The fourth-order valence-corrected chi connectivity index (χ4v) is 5.03. The minimum atomic E-state index is -3.94. The molecule has 0 aliphatic rings. The Labute approximate surface area is 178 Å². The molecule has 0 saturated carbocycles. The van der Waals surface area contributed by atoms with Gasteiger partial charge in [0.25, 0.3) is 10.0 Å². The van der Waals surface area contributed by atoms with Gasteiger partial charge in [-0.25, -0.2) is 12.8 Å². The van der Waals surface area contributed by atoms with Crippen molar-refractivity contribution in [2.75, 3.05) is 4.72 Å². The van der Waals surface area contributed by atoms with Crippen molar-refractivity contribution in [2.45, 2.75) is 21.6 Å². The highest BCUT2D eigenvalue weighted by Gasteiger charge is 2.19. The van der Waals surface area contributed by atoms with Gasteiger partial charge in [0.15, 0.2) is 0 Å². The van der Waals surface area contributed by atoms with E-state index in [9.17, 15) is 17.9 Å². The molecule has 0 heterocycles. The second-order valence-electron chi connectivity index (χ2n) is 6.79. The fraction of sp³-hybridized carbons (Fsp3) is 0.0435. The number of nitrogens with one attached hydrogen (secondary N) is 1. The maximum Gasteiger partial charge on any atom is 0.261 e. The van der Waals surface area contributed by atoms with Crippen LogP contribution in [0.4, 0.5) is 10.1 Å². The summed E-state index contributed by atoms with van der Waals surface area (Å²) in [6.07, 6.45) is 0. The largest absolute Gasteiger partial charge is 0.506 e. The van der Waals surface area contributed by atoms with Crippen molar-refractivity contribution in [2.24, 2.45) is 0 Å². The van der Waals surface area contributed by atoms with Crippen LogP contribution in [0.5, 0.6) is 5.75 Å². The number of phenols is 1. The van der Waals surface area contributed by atoms with E-state index in [0.29, 0.717) is 21.4 Å². The second-order valence-corrected chi connectivity index (χ2v) is 9.59. The number of halogens is 1. The highest BCUT2D eigenvalue weighted by molar-refractivity contribution is 7.99. The molecule has 0 spiro atoms. The molecular weight excluding hydrogens is 421 g/mol. The summed E-state index contributed by atoms with van der Waals surface area (Å²) < 4.78 is 41.5. The van der Waals surface area contributed by atoms with Crippen molar-refractivity contribution in [3.8, 4) is 5.75 Å². The van der Waals surface area contributed by atoms with Crippen molar-refractivity contribution in [1.82, 2.24) is 0 Å². The monoisotopic (exact) mass is 439 g/mol. The summed E-state index contributed by atoms with van der Waals surface area (Å²) >= 11 is 1.34. The summed E-state index contributed by atoms with van der Waals surface area (Å²) in [5, 5.41) is 11.9. The zero-order valence-electron chi connectivity index (χ0n) is 16.0. The van der Waals surface area contributed by atoms with Gasteiger partial charge in [-0.05, 0) is 49.4 Å². The maximum atomic E-state index is 13.2. The Morgan fingerprint density at radius 3 is 2.20 bits per heavy atom. The van der Waals surface area contributed by atoms with Crippen LogP contribution in [0.1, 0.15) is 5.56 Å². The summed E-state index contributed by atoms with van der Waals surface area (Å²) in [7, 11) is -3.94. The summed E-state index contributed by atoms with van der Waals surface area (Å²) in [5.41, 5.74) is 1.46. The summed E-state index contributed by atoms with van der Waals surface area (Å²) in [4.78, 5) is 1.39. The van der Waals surface area contributed by atoms with Gasteiger partial charge in [-0.15, -0.1) is 0 Å². The van der Waals surface area contributed by atoms with Crippen LogP contribution in [0.25, 0.3) is 10.8 Å². The van der Waals surface area contributed by atoms with Crippen molar-refractivity contribution >= 4 is 38.2 Å². The van der Waals surface area contributed by atoms with Gasteiger partial charge in [0.2, 0.25) is 0 Å². The molecule has 0 fully saturated rings. The second kappa shape index (κ2) is 8.01. The smallest absolute Gasteiger partial charge is 0.261 e. The van der Waals surface area contributed by atoms with Gasteiger partial charge >= 0.3 is 0 Å². The maximum absolute atomic E-state index is 13.2. The van der Waals surface area contributed by atoms with Crippen LogP contribution in [0, 0.1) is 12.7 Å². The summed E-state index contributed by atoms with van der Waals surface area (Å²) in [6.45, 7) is 1.99. The molecule has 152 valence electrons. The molecule has 4 aromatic rings. The molecule has 2 N–H and O–H groups in total. The molecule has 0 amide bonds. The molecule has 0 aliphatic carbocycles. The summed E-state index contributed by atoms with van der Waals surface area (Å²) in [6, 6.07) is 21.1. The first-order valence-corrected chi connectivity index (χ1v) is 11.4. The van der Waals surface area contributed by atoms with Gasteiger partial charge in [-0.3, -0.25) is 4.72 Å². The Hall–Kier alpha value is -3.03. The van der Waals surface area contributed by atoms with Crippen LogP contribution >= 0.6 is 11.8 Å². The lowest BCUT2D eigenvalue weighted by atomic mass is 10.1. The van der Waals surface area contributed by atoms with Gasteiger partial charge in [0, 0.05) is 15.7 Å². The molecule has 0 saturated heterocycles. The van der Waals surface area contributed by atoms with Crippen LogP contribution in [-0.2, 0) is 10.0 Å². The standard InChI is InChI=1S/C23H18FNO3S2/c1-15-6-10-17(11-7-15)29-22-14-21(19-4-2-3-5-20(19)23(22)26)25-30(27,28)18-12-8-16(24)9-13-18/h2-14,25-26H,1H3. The van der Waals surface area contributed by atoms with Gasteiger partial charge in [0.1, 0.15) is 11.6 Å². The van der Waals surface area contributed by atoms with Gasteiger partial charge in [0.05, 0.1) is 15.5 Å². The zero-order valence-corrected chi connectivity index (χ0v) is 17.6. The van der Waals surface area contributed by atoms with Crippen LogP contribution < -0.4 is 4.72 Å². The first kappa shape index (κ1) is 20.3. The Bertz CT molecular complexity index is 1320. The van der Waals surface area contributed by atoms with E-state index in [1.54, 1.807) is 30.3 Å². The molecule has 0 aromatic heterocycles. The van der Waals surface area contributed by atoms with E-state index in [-0.39, 0.29) is 10.6 Å². The highest BCUT2D eigenvalue weighted by atomic mass is 32.2. The number of anilines is 1. The topological polar surface area (TPSA) is 66.4 Å². The Kier molecular flexibility index (Phi) is 5.40. The highest BCUT2D eigenvalue weighted by Crippen LogP contribution is 2.43. The number of aryl methyl sites for hydroxylation is 1. The molecule has 0 unspecified atom stereocenters. The number of benzene rings is 4. The van der Waals surface area contributed by atoms with E-state index >= 15 is 0 Å². The lowest BCUT2D eigenvalue weighted by Crippen LogP contribution is -2.13. The number of sulfonamides is 1. The number of phenolic OH excluding ortho intramolecular Hbond substituents is 1. The van der Waals surface area contributed by atoms with E-state index in [1.807, 2.05) is 31.2 Å².